The van der Waals surface area contributed by atoms with E-state index in [0.717, 1.165) is 17.9 Å². The lowest BCUT2D eigenvalue weighted by molar-refractivity contribution is -0.0550. The first-order valence-corrected chi connectivity index (χ1v) is 6.78. The largest absolute Gasteiger partial charge is 0.374 e. The molecule has 2 unspecified atom stereocenters. The van der Waals surface area contributed by atoms with Gasteiger partial charge in [-0.3, -0.25) is 11.3 Å². The van der Waals surface area contributed by atoms with Gasteiger partial charge in [0.15, 0.2) is 0 Å². The SMILES string of the molecule is CCOC(C)(CC)C(Cc1ccc(Cl)cc1)NN. The fourth-order valence-corrected chi connectivity index (χ4v) is 2.21. The highest BCUT2D eigenvalue weighted by molar-refractivity contribution is 6.30. The summed E-state index contributed by atoms with van der Waals surface area (Å²) < 4.78 is 5.86. The lowest BCUT2D eigenvalue weighted by Gasteiger charge is -2.36. The van der Waals surface area contributed by atoms with E-state index in [9.17, 15) is 0 Å². The Bertz CT molecular complexity index is 355. The van der Waals surface area contributed by atoms with Crippen molar-refractivity contribution in [2.45, 2.75) is 45.3 Å². The van der Waals surface area contributed by atoms with Crippen LogP contribution in [0.5, 0.6) is 0 Å². The van der Waals surface area contributed by atoms with E-state index in [1.165, 1.54) is 5.56 Å². The minimum absolute atomic E-state index is 0.0728. The molecule has 1 aromatic carbocycles. The van der Waals surface area contributed by atoms with E-state index < -0.39 is 0 Å². The number of hydrogen-bond donors (Lipinski definition) is 2. The summed E-state index contributed by atoms with van der Waals surface area (Å²) in [6.07, 6.45) is 1.72. The molecule has 0 saturated heterocycles. The van der Waals surface area contributed by atoms with Gasteiger partial charge in [-0.05, 0) is 44.4 Å². The molecule has 0 spiro atoms. The van der Waals surface area contributed by atoms with Crippen LogP contribution in [-0.2, 0) is 11.2 Å². The summed E-state index contributed by atoms with van der Waals surface area (Å²) in [5, 5.41) is 0.749. The molecule has 0 heterocycles. The zero-order valence-electron chi connectivity index (χ0n) is 11.4. The van der Waals surface area contributed by atoms with E-state index in [-0.39, 0.29) is 11.6 Å². The van der Waals surface area contributed by atoms with Crippen molar-refractivity contribution in [3.63, 3.8) is 0 Å². The second kappa shape index (κ2) is 7.10. The molecule has 1 rings (SSSR count). The molecular weight excluding hydrogens is 248 g/mol. The zero-order chi connectivity index (χ0) is 13.6. The van der Waals surface area contributed by atoms with Crippen molar-refractivity contribution in [3.8, 4) is 0 Å². The van der Waals surface area contributed by atoms with Gasteiger partial charge in [-0.2, -0.15) is 0 Å². The Kier molecular flexibility index (Phi) is 6.09. The minimum Gasteiger partial charge on any atom is -0.374 e. The molecule has 2 atom stereocenters. The molecule has 0 radical (unpaired) electrons. The molecule has 0 aromatic heterocycles. The summed E-state index contributed by atoms with van der Waals surface area (Å²) in [5.74, 6) is 5.69. The molecule has 0 bridgehead atoms. The monoisotopic (exact) mass is 270 g/mol. The van der Waals surface area contributed by atoms with Gasteiger partial charge in [-0.15, -0.1) is 0 Å². The van der Waals surface area contributed by atoms with E-state index in [1.54, 1.807) is 0 Å². The molecule has 1 aromatic rings. The van der Waals surface area contributed by atoms with Crippen LogP contribution in [0.2, 0.25) is 5.02 Å². The predicted octanol–water partition coefficient (Wildman–Crippen LogP) is 2.92. The van der Waals surface area contributed by atoms with Gasteiger partial charge in [0.1, 0.15) is 0 Å². The van der Waals surface area contributed by atoms with Crippen molar-refractivity contribution in [3.05, 3.63) is 34.9 Å². The predicted molar refractivity (Wildman–Crippen MR) is 76.6 cm³/mol. The number of benzene rings is 1. The minimum atomic E-state index is -0.261. The molecule has 102 valence electrons. The lowest BCUT2D eigenvalue weighted by Crippen LogP contribution is -2.54. The first-order valence-electron chi connectivity index (χ1n) is 6.40. The van der Waals surface area contributed by atoms with E-state index in [4.69, 9.17) is 22.2 Å². The number of hydrazine groups is 1. The van der Waals surface area contributed by atoms with Gasteiger partial charge in [0.25, 0.3) is 0 Å². The van der Waals surface area contributed by atoms with Crippen molar-refractivity contribution in [1.82, 2.24) is 5.43 Å². The van der Waals surface area contributed by atoms with Crippen LogP contribution in [0.3, 0.4) is 0 Å². The summed E-state index contributed by atoms with van der Waals surface area (Å²) in [4.78, 5) is 0. The number of ether oxygens (including phenoxy) is 1. The molecule has 0 aliphatic rings. The molecule has 0 aliphatic heterocycles. The highest BCUT2D eigenvalue weighted by Crippen LogP contribution is 2.23. The Balaban J connectivity index is 2.79. The Morgan fingerprint density at radius 1 is 1.33 bits per heavy atom. The molecule has 0 amide bonds. The molecule has 0 aliphatic carbocycles. The Morgan fingerprint density at radius 2 is 1.94 bits per heavy atom. The van der Waals surface area contributed by atoms with E-state index in [0.29, 0.717) is 6.61 Å². The molecule has 18 heavy (non-hydrogen) atoms. The lowest BCUT2D eigenvalue weighted by atomic mass is 9.88. The van der Waals surface area contributed by atoms with Crippen molar-refractivity contribution >= 4 is 11.6 Å². The van der Waals surface area contributed by atoms with E-state index in [1.807, 2.05) is 31.2 Å². The summed E-state index contributed by atoms with van der Waals surface area (Å²) in [6, 6.07) is 7.91. The number of nitrogens with two attached hydrogens (primary N) is 1. The maximum absolute atomic E-state index is 5.88. The van der Waals surface area contributed by atoms with Crippen LogP contribution >= 0.6 is 11.6 Å². The van der Waals surface area contributed by atoms with Crippen LogP contribution in [-0.4, -0.2) is 18.2 Å². The third-order valence-corrected chi connectivity index (χ3v) is 3.72. The van der Waals surface area contributed by atoms with Gasteiger partial charge in [0.05, 0.1) is 11.6 Å². The molecule has 0 fully saturated rings. The van der Waals surface area contributed by atoms with Crippen molar-refractivity contribution < 1.29 is 4.74 Å². The van der Waals surface area contributed by atoms with E-state index in [2.05, 4.69) is 19.3 Å². The second-order valence-electron chi connectivity index (χ2n) is 4.65. The fraction of sp³-hybridized carbons (Fsp3) is 0.571. The Labute approximate surface area is 115 Å². The molecule has 0 saturated carbocycles. The topological polar surface area (TPSA) is 47.3 Å². The van der Waals surface area contributed by atoms with Gasteiger partial charge < -0.3 is 4.74 Å². The van der Waals surface area contributed by atoms with Gasteiger partial charge in [-0.1, -0.05) is 30.7 Å². The van der Waals surface area contributed by atoms with Crippen molar-refractivity contribution in [2.24, 2.45) is 5.84 Å². The van der Waals surface area contributed by atoms with Crippen LogP contribution in [0.1, 0.15) is 32.8 Å². The second-order valence-corrected chi connectivity index (χ2v) is 5.09. The highest BCUT2D eigenvalue weighted by atomic mass is 35.5. The number of hydrogen-bond acceptors (Lipinski definition) is 3. The van der Waals surface area contributed by atoms with Crippen molar-refractivity contribution in [1.29, 1.82) is 0 Å². The standard InChI is InChI=1S/C14H23ClN2O/c1-4-14(3,18-5-2)13(17-16)10-11-6-8-12(15)9-7-11/h6-9,13,17H,4-5,10,16H2,1-3H3. The van der Waals surface area contributed by atoms with Gasteiger partial charge >= 0.3 is 0 Å². The molecule has 3 N–H and O–H groups in total. The molecule has 4 heteroatoms. The average molecular weight is 271 g/mol. The highest BCUT2D eigenvalue weighted by Gasteiger charge is 2.32. The maximum Gasteiger partial charge on any atom is 0.0820 e. The summed E-state index contributed by atoms with van der Waals surface area (Å²) in [7, 11) is 0. The number of nitrogens with one attached hydrogen (secondary N) is 1. The van der Waals surface area contributed by atoms with Gasteiger partial charge in [0.2, 0.25) is 0 Å². The molecule has 3 nitrogen and oxygen atoms in total. The summed E-state index contributed by atoms with van der Waals surface area (Å²) in [5.41, 5.74) is 3.82. The fourth-order valence-electron chi connectivity index (χ4n) is 2.09. The third kappa shape index (κ3) is 3.95. The average Bonchev–Trinajstić information content (AvgIpc) is 2.38. The normalized spacial score (nSPS) is 16.3. The zero-order valence-corrected chi connectivity index (χ0v) is 12.1. The van der Waals surface area contributed by atoms with Crippen molar-refractivity contribution in [2.75, 3.05) is 6.61 Å². The van der Waals surface area contributed by atoms with Crippen LogP contribution in [0.4, 0.5) is 0 Å². The maximum atomic E-state index is 5.88. The van der Waals surface area contributed by atoms with Crippen LogP contribution in [0, 0.1) is 0 Å². The van der Waals surface area contributed by atoms with Gasteiger partial charge in [-0.25, -0.2) is 0 Å². The smallest absolute Gasteiger partial charge is 0.0820 e. The summed E-state index contributed by atoms with van der Waals surface area (Å²) in [6.45, 7) is 6.89. The number of rotatable bonds is 7. The van der Waals surface area contributed by atoms with Crippen LogP contribution in [0.25, 0.3) is 0 Å². The Hall–Kier alpha value is -0.610. The quantitative estimate of drug-likeness (QED) is 0.592. The first-order chi connectivity index (χ1) is 8.55. The van der Waals surface area contributed by atoms with Crippen LogP contribution in [0.15, 0.2) is 24.3 Å². The van der Waals surface area contributed by atoms with E-state index >= 15 is 0 Å². The number of halogens is 1. The molecular formula is C14H23ClN2O. The van der Waals surface area contributed by atoms with Gasteiger partial charge in [0, 0.05) is 11.6 Å². The Morgan fingerprint density at radius 3 is 2.39 bits per heavy atom. The summed E-state index contributed by atoms with van der Waals surface area (Å²) >= 11 is 5.88. The van der Waals surface area contributed by atoms with Crippen LogP contribution < -0.4 is 11.3 Å². The third-order valence-electron chi connectivity index (χ3n) is 3.47. The first kappa shape index (κ1) is 15.4.